The second-order valence-corrected chi connectivity index (χ2v) is 13.0. The summed E-state index contributed by atoms with van der Waals surface area (Å²) in [6.45, 7) is 6.91. The van der Waals surface area contributed by atoms with Crippen molar-refractivity contribution >= 4 is 17.1 Å². The first-order chi connectivity index (χ1) is 17.2. The number of thiazole rings is 1. The van der Waals surface area contributed by atoms with Gasteiger partial charge in [0.05, 0.1) is 17.9 Å². The van der Waals surface area contributed by atoms with Crippen molar-refractivity contribution in [1.29, 1.82) is 0 Å². The number of aryl methyl sites for hydroxylation is 1. The van der Waals surface area contributed by atoms with Crippen molar-refractivity contribution in [3.63, 3.8) is 0 Å². The van der Waals surface area contributed by atoms with E-state index in [1.807, 2.05) is 6.92 Å². The Labute approximate surface area is 220 Å². The van der Waals surface area contributed by atoms with Gasteiger partial charge in [-0.2, -0.15) is 0 Å². The van der Waals surface area contributed by atoms with Crippen molar-refractivity contribution < 1.29 is 20.1 Å². The van der Waals surface area contributed by atoms with Crippen LogP contribution in [-0.4, -0.2) is 44.9 Å². The number of ketones is 1. The van der Waals surface area contributed by atoms with Crippen molar-refractivity contribution in [3.8, 4) is 0 Å². The molecular weight excluding hydrogens is 470 g/mol. The maximum atomic E-state index is 12.7. The van der Waals surface area contributed by atoms with Crippen LogP contribution in [0, 0.1) is 30.1 Å². The molecule has 1 aromatic rings. The minimum Gasteiger partial charge on any atom is -0.396 e. The van der Waals surface area contributed by atoms with E-state index in [-0.39, 0.29) is 12.4 Å². The van der Waals surface area contributed by atoms with Crippen LogP contribution in [0.3, 0.4) is 0 Å². The SMILES string of the molecule is Cc1nc(C(=O)CCC[C@@H](C)[C@H]2CC[C@H]3/C(=C/C=C4C[C@@H](O)C[C@H](O)C4)CCC[C@]23C)sc1CCO. The lowest BCUT2D eigenvalue weighted by molar-refractivity contribution is 0.0609. The summed E-state index contributed by atoms with van der Waals surface area (Å²) in [7, 11) is 0. The molecule has 36 heavy (non-hydrogen) atoms. The highest BCUT2D eigenvalue weighted by atomic mass is 32.1. The Balaban J connectivity index is 1.34. The topological polar surface area (TPSA) is 90.7 Å². The number of carbonyl (C=O) groups is 1. The number of rotatable bonds is 9. The van der Waals surface area contributed by atoms with Crippen LogP contribution in [0.15, 0.2) is 23.3 Å². The van der Waals surface area contributed by atoms with Gasteiger partial charge >= 0.3 is 0 Å². The zero-order valence-electron chi connectivity index (χ0n) is 22.3. The monoisotopic (exact) mass is 515 g/mol. The molecule has 1 heterocycles. The van der Waals surface area contributed by atoms with E-state index in [0.29, 0.717) is 60.3 Å². The molecule has 5 nitrogen and oxygen atoms in total. The summed E-state index contributed by atoms with van der Waals surface area (Å²) in [5.74, 6) is 2.05. The Bertz CT molecular complexity index is 970. The van der Waals surface area contributed by atoms with Gasteiger partial charge in [0.2, 0.25) is 0 Å². The fraction of sp³-hybridized carbons (Fsp3) is 0.733. The van der Waals surface area contributed by atoms with E-state index in [4.69, 9.17) is 0 Å². The van der Waals surface area contributed by atoms with Crippen LogP contribution in [0.25, 0.3) is 0 Å². The molecule has 3 saturated carbocycles. The highest BCUT2D eigenvalue weighted by molar-refractivity contribution is 7.13. The van der Waals surface area contributed by atoms with Crippen LogP contribution in [0.5, 0.6) is 0 Å². The van der Waals surface area contributed by atoms with Crippen LogP contribution < -0.4 is 0 Å². The van der Waals surface area contributed by atoms with Gasteiger partial charge in [0, 0.05) is 24.3 Å². The molecule has 3 aliphatic rings. The first-order valence-corrected chi connectivity index (χ1v) is 14.9. The van der Waals surface area contributed by atoms with Crippen LogP contribution in [-0.2, 0) is 6.42 Å². The summed E-state index contributed by atoms with van der Waals surface area (Å²) >= 11 is 1.45. The van der Waals surface area contributed by atoms with E-state index in [1.54, 1.807) is 5.57 Å². The van der Waals surface area contributed by atoms with Gasteiger partial charge in [-0.15, -0.1) is 11.3 Å². The summed E-state index contributed by atoms with van der Waals surface area (Å²) in [6, 6.07) is 0. The molecule has 0 unspecified atom stereocenters. The highest BCUT2D eigenvalue weighted by Crippen LogP contribution is 2.59. The summed E-state index contributed by atoms with van der Waals surface area (Å²) in [5, 5.41) is 29.8. The first-order valence-electron chi connectivity index (χ1n) is 14.1. The fourth-order valence-corrected chi connectivity index (χ4v) is 8.54. The van der Waals surface area contributed by atoms with Crippen molar-refractivity contribution in [2.24, 2.45) is 23.2 Å². The maximum absolute atomic E-state index is 12.7. The Morgan fingerprint density at radius 3 is 2.69 bits per heavy atom. The number of aromatic nitrogens is 1. The summed E-state index contributed by atoms with van der Waals surface area (Å²) < 4.78 is 0. The number of aliphatic hydroxyl groups excluding tert-OH is 3. The Hall–Kier alpha value is -1.34. The molecule has 6 heteroatoms. The Morgan fingerprint density at radius 1 is 1.22 bits per heavy atom. The van der Waals surface area contributed by atoms with E-state index < -0.39 is 12.2 Å². The Kier molecular flexibility index (Phi) is 9.24. The molecule has 4 rings (SSSR count). The van der Waals surface area contributed by atoms with Crippen LogP contribution in [0.1, 0.15) is 105 Å². The number of hydrogen-bond donors (Lipinski definition) is 3. The van der Waals surface area contributed by atoms with Crippen molar-refractivity contribution in [1.82, 2.24) is 4.98 Å². The number of fused-ring (bicyclic) bond motifs is 1. The third-order valence-electron chi connectivity index (χ3n) is 9.33. The van der Waals surface area contributed by atoms with Crippen molar-refractivity contribution in [2.45, 2.75) is 110 Å². The molecule has 200 valence electrons. The normalized spacial score (nSPS) is 32.5. The number of nitrogens with zero attached hydrogens (tertiary/aromatic N) is 1. The third-order valence-corrected chi connectivity index (χ3v) is 10.6. The molecule has 3 aliphatic carbocycles. The number of allylic oxidation sites excluding steroid dienone is 3. The summed E-state index contributed by atoms with van der Waals surface area (Å²) in [4.78, 5) is 18.2. The largest absolute Gasteiger partial charge is 0.396 e. The van der Waals surface area contributed by atoms with E-state index in [9.17, 15) is 20.1 Å². The molecular formula is C30H45NO4S. The predicted molar refractivity (Wildman–Crippen MR) is 145 cm³/mol. The smallest absolute Gasteiger partial charge is 0.191 e. The van der Waals surface area contributed by atoms with Gasteiger partial charge in [-0.1, -0.05) is 37.1 Å². The van der Waals surface area contributed by atoms with Crippen LogP contribution in [0.2, 0.25) is 0 Å². The van der Waals surface area contributed by atoms with E-state index in [2.05, 4.69) is 31.0 Å². The minimum absolute atomic E-state index is 0.0932. The van der Waals surface area contributed by atoms with Gasteiger partial charge in [-0.05, 0) is 94.3 Å². The lowest BCUT2D eigenvalue weighted by Gasteiger charge is -2.44. The van der Waals surface area contributed by atoms with Gasteiger partial charge in [0.1, 0.15) is 0 Å². The fourth-order valence-electron chi connectivity index (χ4n) is 7.52. The van der Waals surface area contributed by atoms with Gasteiger partial charge in [0.25, 0.3) is 0 Å². The zero-order valence-corrected chi connectivity index (χ0v) is 23.2. The van der Waals surface area contributed by atoms with E-state index >= 15 is 0 Å². The lowest BCUT2D eigenvalue weighted by Crippen LogP contribution is -2.36. The molecule has 0 spiro atoms. The van der Waals surface area contributed by atoms with Gasteiger partial charge in [-0.25, -0.2) is 4.98 Å². The lowest BCUT2D eigenvalue weighted by atomic mass is 9.60. The average molecular weight is 516 g/mol. The Morgan fingerprint density at radius 2 is 1.97 bits per heavy atom. The zero-order chi connectivity index (χ0) is 25.9. The van der Waals surface area contributed by atoms with E-state index in [1.165, 1.54) is 42.6 Å². The molecule has 0 aliphatic heterocycles. The number of Topliss-reactive ketones (excluding diaryl/α,β-unsaturated/α-hetero) is 1. The molecule has 0 bridgehead atoms. The third kappa shape index (κ3) is 6.20. The average Bonchev–Trinajstić information content (AvgIpc) is 3.37. The maximum Gasteiger partial charge on any atom is 0.191 e. The predicted octanol–water partition coefficient (Wildman–Crippen LogP) is 5.95. The highest BCUT2D eigenvalue weighted by Gasteiger charge is 2.50. The van der Waals surface area contributed by atoms with Crippen LogP contribution in [0.4, 0.5) is 0 Å². The number of aliphatic hydroxyl groups is 3. The quantitative estimate of drug-likeness (QED) is 0.354. The molecule has 0 amide bonds. The molecule has 0 aromatic carbocycles. The standard InChI is InChI=1S/C30H45NO4S/c1-19(6-4-8-27(35)29-31-20(2)28(36-29)13-15-32)25-11-12-26-22(7-5-14-30(25,26)3)10-9-21-16-23(33)18-24(34)17-21/h9-10,19,23-26,32-34H,4-8,11-18H2,1-3H3/b22-10+/t19-,23-,24-,25-,26+,30-/m1/s1. The second-order valence-electron chi connectivity index (χ2n) is 11.9. The van der Waals surface area contributed by atoms with Gasteiger partial charge in [-0.3, -0.25) is 4.79 Å². The van der Waals surface area contributed by atoms with Crippen molar-refractivity contribution in [3.05, 3.63) is 38.9 Å². The number of hydrogen-bond acceptors (Lipinski definition) is 6. The molecule has 0 saturated heterocycles. The summed E-state index contributed by atoms with van der Waals surface area (Å²) in [5.41, 5.74) is 3.94. The number of carbonyl (C=O) groups excluding carboxylic acids is 1. The van der Waals surface area contributed by atoms with Gasteiger partial charge < -0.3 is 15.3 Å². The molecule has 0 radical (unpaired) electrons. The summed E-state index contributed by atoms with van der Waals surface area (Å²) in [6.07, 6.45) is 14.9. The minimum atomic E-state index is -0.416. The molecule has 3 fully saturated rings. The molecule has 3 N–H and O–H groups in total. The molecule has 1 aromatic heterocycles. The van der Waals surface area contributed by atoms with Crippen molar-refractivity contribution in [2.75, 3.05) is 6.61 Å². The van der Waals surface area contributed by atoms with Gasteiger partial charge in [0.15, 0.2) is 10.8 Å². The molecule has 6 atom stereocenters. The first kappa shape index (κ1) is 27.7. The van der Waals surface area contributed by atoms with Crippen LogP contribution >= 0.6 is 11.3 Å². The second kappa shape index (κ2) is 12.0. The van der Waals surface area contributed by atoms with E-state index in [0.717, 1.165) is 29.8 Å².